The number of rotatable bonds is 5. The molecule has 0 aromatic carbocycles. The van der Waals surface area contributed by atoms with Crippen molar-refractivity contribution in [2.45, 2.75) is 96.5 Å². The summed E-state index contributed by atoms with van der Waals surface area (Å²) in [5, 5.41) is 11.2. The lowest BCUT2D eigenvalue weighted by molar-refractivity contribution is -0.146. The minimum absolute atomic E-state index is 0.0343. The highest BCUT2D eigenvalue weighted by Crippen LogP contribution is 2.48. The van der Waals surface area contributed by atoms with Crippen LogP contribution in [0.15, 0.2) is 71.9 Å². The van der Waals surface area contributed by atoms with Crippen LogP contribution in [0.5, 0.6) is 0 Å². The second kappa shape index (κ2) is 10.5. The number of carbonyl (C=O) groups excluding carboxylic acids is 1. The van der Waals surface area contributed by atoms with Gasteiger partial charge >= 0.3 is 0 Å². The van der Waals surface area contributed by atoms with E-state index >= 15 is 0 Å². The SMILES string of the molecule is CCC/C=C/C=C/C[C@@H]1C[C@H](O)C2[C@@H]3/C(C)=C/[C@@H]4C=C[C@@H]5OC(C)(C)O[C@@H]5[C@H]4/C(C)=C/C=C\[C@H]3C(=O)N21. The van der Waals surface area contributed by atoms with Crippen LogP contribution in [0.25, 0.3) is 0 Å². The first-order valence-corrected chi connectivity index (χ1v) is 14.1. The van der Waals surface area contributed by atoms with Crippen LogP contribution in [-0.2, 0) is 14.3 Å². The summed E-state index contributed by atoms with van der Waals surface area (Å²) in [6, 6.07) is -0.144. The van der Waals surface area contributed by atoms with Crippen LogP contribution in [0.3, 0.4) is 0 Å². The average Bonchev–Trinajstić information content (AvgIpc) is 3.44. The van der Waals surface area contributed by atoms with E-state index in [1.165, 1.54) is 11.1 Å². The van der Waals surface area contributed by atoms with Gasteiger partial charge in [-0.2, -0.15) is 0 Å². The molecule has 1 unspecified atom stereocenters. The number of hydrogen-bond donors (Lipinski definition) is 1. The molecule has 0 radical (unpaired) electrons. The van der Waals surface area contributed by atoms with Gasteiger partial charge in [0, 0.05) is 23.8 Å². The lowest BCUT2D eigenvalue weighted by Crippen LogP contribution is -2.39. The van der Waals surface area contributed by atoms with Crippen LogP contribution in [0, 0.1) is 23.7 Å². The molecule has 1 N–H and O–H groups in total. The molecule has 0 aromatic rings. The Bertz CT molecular complexity index is 1060. The van der Waals surface area contributed by atoms with Crippen molar-refractivity contribution >= 4 is 5.91 Å². The summed E-state index contributed by atoms with van der Waals surface area (Å²) < 4.78 is 12.5. The third-order valence-corrected chi connectivity index (χ3v) is 8.80. The van der Waals surface area contributed by atoms with Crippen molar-refractivity contribution in [1.29, 1.82) is 0 Å². The van der Waals surface area contributed by atoms with Gasteiger partial charge in [-0.1, -0.05) is 85.3 Å². The molecule has 37 heavy (non-hydrogen) atoms. The summed E-state index contributed by atoms with van der Waals surface area (Å²) in [6.45, 7) is 10.4. The number of amides is 1. The third kappa shape index (κ3) is 4.98. The quantitative estimate of drug-likeness (QED) is 0.388. The van der Waals surface area contributed by atoms with Crippen molar-refractivity contribution < 1.29 is 19.4 Å². The minimum Gasteiger partial charge on any atom is -0.391 e. The molecular weight excluding hydrogens is 462 g/mol. The highest BCUT2D eigenvalue weighted by atomic mass is 16.8. The maximum atomic E-state index is 13.8. The Kier molecular flexibility index (Phi) is 7.50. The van der Waals surface area contributed by atoms with Gasteiger partial charge in [0.15, 0.2) is 5.79 Å². The highest BCUT2D eigenvalue weighted by molar-refractivity contribution is 5.85. The summed E-state index contributed by atoms with van der Waals surface area (Å²) >= 11 is 0. The van der Waals surface area contributed by atoms with Crippen LogP contribution in [0.4, 0.5) is 0 Å². The predicted octanol–water partition coefficient (Wildman–Crippen LogP) is 5.65. The number of fused-ring (bicyclic) bond motifs is 6. The van der Waals surface area contributed by atoms with E-state index in [2.05, 4.69) is 81.5 Å². The fourth-order valence-electron chi connectivity index (χ4n) is 7.25. The zero-order chi connectivity index (χ0) is 26.3. The van der Waals surface area contributed by atoms with Crippen molar-refractivity contribution in [1.82, 2.24) is 4.90 Å². The second-order valence-electron chi connectivity index (χ2n) is 11.9. The van der Waals surface area contributed by atoms with Crippen LogP contribution in [0.2, 0.25) is 0 Å². The Morgan fingerprint density at radius 1 is 1.08 bits per heavy atom. The fourth-order valence-corrected chi connectivity index (χ4v) is 7.25. The number of unbranched alkanes of at least 4 members (excludes halogenated alkanes) is 1. The zero-order valence-corrected chi connectivity index (χ0v) is 22.9. The van der Waals surface area contributed by atoms with Crippen LogP contribution in [-0.4, -0.2) is 52.1 Å². The maximum absolute atomic E-state index is 13.8. The average molecular weight is 506 g/mol. The number of carbonyl (C=O) groups is 1. The van der Waals surface area contributed by atoms with E-state index in [4.69, 9.17) is 9.47 Å². The smallest absolute Gasteiger partial charge is 0.230 e. The Balaban J connectivity index is 1.43. The predicted molar refractivity (Wildman–Crippen MR) is 146 cm³/mol. The van der Waals surface area contributed by atoms with Crippen molar-refractivity contribution in [2.75, 3.05) is 0 Å². The molecule has 5 aliphatic rings. The first kappa shape index (κ1) is 26.4. The summed E-state index contributed by atoms with van der Waals surface area (Å²) in [6.07, 6.45) is 24.4. The first-order chi connectivity index (χ1) is 17.7. The molecule has 9 atom stereocenters. The molecule has 3 fully saturated rings. The van der Waals surface area contributed by atoms with E-state index in [9.17, 15) is 9.90 Å². The van der Waals surface area contributed by atoms with Gasteiger partial charge in [-0.05, 0) is 47.0 Å². The van der Waals surface area contributed by atoms with Crippen LogP contribution >= 0.6 is 0 Å². The van der Waals surface area contributed by atoms with Crippen LogP contribution < -0.4 is 0 Å². The molecule has 3 aliphatic heterocycles. The highest BCUT2D eigenvalue weighted by Gasteiger charge is 2.57. The van der Waals surface area contributed by atoms with Gasteiger partial charge in [-0.15, -0.1) is 0 Å². The standard InChI is InChI=1S/C32H43NO4/c1-6-7-8-9-10-11-14-23-19-25(34)29-28-21(3)18-22-16-17-26-30(37-32(4,5)36-26)27(22)20(2)13-12-15-24(28)31(35)33(23)29/h8-13,15-18,22-30,34H,6-7,14,19H2,1-5H3/b9-8+,11-10+,15-12-,20-13+,21-18+/t22-,23+,24+,25-,26-,27-,28+,29?,30-/m0/s1. The minimum atomic E-state index is -0.606. The maximum Gasteiger partial charge on any atom is 0.230 e. The Morgan fingerprint density at radius 3 is 2.65 bits per heavy atom. The molecule has 0 saturated carbocycles. The Morgan fingerprint density at radius 2 is 1.86 bits per heavy atom. The molecule has 1 amide bonds. The van der Waals surface area contributed by atoms with Crippen molar-refractivity contribution in [3.05, 3.63) is 71.9 Å². The van der Waals surface area contributed by atoms with Gasteiger partial charge in [0.1, 0.15) is 6.10 Å². The molecule has 200 valence electrons. The Hall–Kier alpha value is -2.21. The van der Waals surface area contributed by atoms with Gasteiger partial charge < -0.3 is 19.5 Å². The zero-order valence-electron chi connectivity index (χ0n) is 22.9. The monoisotopic (exact) mass is 505 g/mol. The number of aliphatic hydroxyl groups excluding tert-OH is 1. The number of ether oxygens (including phenoxy) is 2. The first-order valence-electron chi connectivity index (χ1n) is 14.1. The van der Waals surface area contributed by atoms with Gasteiger partial charge in [0.25, 0.3) is 0 Å². The Labute approximate surface area is 222 Å². The molecular formula is C32H43NO4. The number of nitrogens with zero attached hydrogens (tertiary/aromatic N) is 1. The largest absolute Gasteiger partial charge is 0.391 e. The number of allylic oxidation sites excluding steroid dienone is 7. The number of aliphatic hydroxyl groups is 1. The molecule has 3 saturated heterocycles. The molecule has 5 nitrogen and oxygen atoms in total. The lowest BCUT2D eigenvalue weighted by Gasteiger charge is -2.35. The van der Waals surface area contributed by atoms with Gasteiger partial charge in [0.2, 0.25) is 5.91 Å². The topological polar surface area (TPSA) is 59.0 Å². The number of hydrogen-bond acceptors (Lipinski definition) is 4. The van der Waals surface area contributed by atoms with E-state index in [1.807, 2.05) is 18.7 Å². The molecule has 3 heterocycles. The summed E-state index contributed by atoms with van der Waals surface area (Å²) in [4.78, 5) is 15.8. The summed E-state index contributed by atoms with van der Waals surface area (Å²) in [5.41, 5.74) is 2.41. The van der Waals surface area contributed by atoms with Gasteiger partial charge in [0.05, 0.1) is 24.2 Å². The van der Waals surface area contributed by atoms with Crippen molar-refractivity contribution in [3.8, 4) is 0 Å². The fraction of sp³-hybridized carbons (Fsp3) is 0.594. The van der Waals surface area contributed by atoms with Crippen molar-refractivity contribution in [2.24, 2.45) is 23.7 Å². The van der Waals surface area contributed by atoms with Crippen molar-refractivity contribution in [3.63, 3.8) is 0 Å². The summed E-state index contributed by atoms with van der Waals surface area (Å²) in [5.74, 6) is -0.434. The molecule has 0 aromatic heterocycles. The molecule has 5 heteroatoms. The molecule has 0 spiro atoms. The normalized spacial score (nSPS) is 44.2. The third-order valence-electron chi connectivity index (χ3n) is 8.80. The van der Waals surface area contributed by atoms with E-state index in [-0.39, 0.29) is 53.9 Å². The molecule has 0 bridgehead atoms. The second-order valence-corrected chi connectivity index (χ2v) is 11.9. The molecule has 2 aliphatic carbocycles. The van der Waals surface area contributed by atoms with E-state index < -0.39 is 11.9 Å². The van der Waals surface area contributed by atoms with Gasteiger partial charge in [-0.25, -0.2) is 0 Å². The van der Waals surface area contributed by atoms with Gasteiger partial charge in [-0.3, -0.25) is 4.79 Å². The lowest BCUT2D eigenvalue weighted by atomic mass is 9.73. The van der Waals surface area contributed by atoms with E-state index in [0.717, 1.165) is 19.3 Å². The van der Waals surface area contributed by atoms with E-state index in [1.54, 1.807) is 0 Å². The van der Waals surface area contributed by atoms with Crippen LogP contribution in [0.1, 0.15) is 60.3 Å². The summed E-state index contributed by atoms with van der Waals surface area (Å²) in [7, 11) is 0. The van der Waals surface area contributed by atoms with E-state index in [0.29, 0.717) is 6.42 Å². The molecule has 5 rings (SSSR count).